The van der Waals surface area contributed by atoms with Crippen LogP contribution in [0.4, 0.5) is 0 Å². The summed E-state index contributed by atoms with van der Waals surface area (Å²) in [7, 11) is 0. The molecule has 1 unspecified atom stereocenters. The van der Waals surface area contributed by atoms with Crippen molar-refractivity contribution in [1.82, 2.24) is 19.7 Å². The quantitative estimate of drug-likeness (QED) is 0.834. The molecule has 1 aliphatic carbocycles. The Hall–Kier alpha value is -1.39. The summed E-state index contributed by atoms with van der Waals surface area (Å²) in [5.74, 6) is 2.16. The van der Waals surface area contributed by atoms with Crippen LogP contribution in [0.2, 0.25) is 0 Å². The number of carbonyl (C=O) groups is 1. The topological polar surface area (TPSA) is 51.0 Å². The summed E-state index contributed by atoms with van der Waals surface area (Å²) < 4.78 is 2.12. The molecule has 5 nitrogen and oxygen atoms in total. The maximum absolute atomic E-state index is 12.3. The van der Waals surface area contributed by atoms with Crippen molar-refractivity contribution in [3.8, 4) is 0 Å². The highest BCUT2D eigenvalue weighted by molar-refractivity contribution is 5.81. The van der Waals surface area contributed by atoms with Gasteiger partial charge in [0.15, 0.2) is 5.82 Å². The molecule has 1 aliphatic heterocycles. The molecule has 5 heteroatoms. The first-order valence-corrected chi connectivity index (χ1v) is 7.35. The Morgan fingerprint density at radius 3 is 2.89 bits per heavy atom. The summed E-state index contributed by atoms with van der Waals surface area (Å²) in [4.78, 5) is 14.4. The molecule has 19 heavy (non-hydrogen) atoms. The molecule has 0 bridgehead atoms. The molecule has 0 aromatic carbocycles. The molecule has 0 radical (unpaired) electrons. The summed E-state index contributed by atoms with van der Waals surface area (Å²) in [5, 5.41) is 8.33. The van der Waals surface area contributed by atoms with Gasteiger partial charge in [0.05, 0.1) is 6.04 Å². The second-order valence-electron chi connectivity index (χ2n) is 6.20. The maximum atomic E-state index is 12.3. The molecule has 2 aliphatic rings. The van der Waals surface area contributed by atoms with Gasteiger partial charge in [-0.1, -0.05) is 13.8 Å². The normalized spacial score (nSPS) is 23.3. The maximum Gasteiger partial charge on any atom is 0.226 e. The van der Waals surface area contributed by atoms with E-state index in [4.69, 9.17) is 0 Å². The Bertz CT molecular complexity index is 464. The van der Waals surface area contributed by atoms with E-state index in [0.717, 1.165) is 44.6 Å². The Kier molecular flexibility index (Phi) is 3.29. The molecule has 1 saturated heterocycles. The highest BCUT2D eigenvalue weighted by atomic mass is 16.2. The van der Waals surface area contributed by atoms with Crippen molar-refractivity contribution in [3.63, 3.8) is 0 Å². The van der Waals surface area contributed by atoms with Gasteiger partial charge >= 0.3 is 0 Å². The van der Waals surface area contributed by atoms with Crippen LogP contribution in [0.15, 0.2) is 6.33 Å². The molecular formula is C14H22N4O. The molecule has 1 aromatic heterocycles. The molecule has 1 saturated carbocycles. The van der Waals surface area contributed by atoms with Crippen LogP contribution in [-0.2, 0) is 11.3 Å². The van der Waals surface area contributed by atoms with Crippen LogP contribution in [0.5, 0.6) is 0 Å². The van der Waals surface area contributed by atoms with Crippen LogP contribution >= 0.6 is 0 Å². The van der Waals surface area contributed by atoms with Gasteiger partial charge < -0.3 is 9.47 Å². The molecule has 1 amide bonds. The number of hydrogen-bond donors (Lipinski definition) is 0. The van der Waals surface area contributed by atoms with E-state index in [1.165, 1.54) is 0 Å². The Morgan fingerprint density at radius 1 is 1.42 bits per heavy atom. The monoisotopic (exact) mass is 262 g/mol. The van der Waals surface area contributed by atoms with Crippen LogP contribution in [0.25, 0.3) is 0 Å². The first-order chi connectivity index (χ1) is 9.16. The molecule has 0 N–H and O–H groups in total. The zero-order chi connectivity index (χ0) is 13.4. The van der Waals surface area contributed by atoms with Crippen LogP contribution in [-0.4, -0.2) is 32.1 Å². The van der Waals surface area contributed by atoms with Crippen LogP contribution in [0.3, 0.4) is 0 Å². The van der Waals surface area contributed by atoms with Crippen molar-refractivity contribution in [1.29, 1.82) is 0 Å². The van der Waals surface area contributed by atoms with Crippen LogP contribution in [0.1, 0.15) is 51.4 Å². The minimum atomic E-state index is 0.148. The number of rotatable bonds is 4. The van der Waals surface area contributed by atoms with Gasteiger partial charge in [0.2, 0.25) is 5.91 Å². The third kappa shape index (κ3) is 2.51. The number of hydrogen-bond acceptors (Lipinski definition) is 3. The fourth-order valence-electron chi connectivity index (χ4n) is 2.92. The molecule has 1 atom stereocenters. The summed E-state index contributed by atoms with van der Waals surface area (Å²) in [6.45, 7) is 6.18. The zero-order valence-electron chi connectivity index (χ0n) is 11.7. The number of likely N-dealkylation sites (tertiary alicyclic amines) is 1. The van der Waals surface area contributed by atoms with E-state index in [-0.39, 0.29) is 6.04 Å². The van der Waals surface area contributed by atoms with Gasteiger partial charge in [0.1, 0.15) is 6.33 Å². The molecule has 2 fully saturated rings. The van der Waals surface area contributed by atoms with E-state index in [9.17, 15) is 4.79 Å². The predicted molar refractivity (Wildman–Crippen MR) is 71.3 cm³/mol. The highest BCUT2D eigenvalue weighted by Crippen LogP contribution is 2.38. The van der Waals surface area contributed by atoms with E-state index in [2.05, 4.69) is 28.6 Å². The minimum absolute atomic E-state index is 0.148. The van der Waals surface area contributed by atoms with E-state index in [1.54, 1.807) is 6.33 Å². The standard InChI is InChI=1S/C14H22N4O/c1-10(2)8-17-9-15-16-13(17)12-4-3-7-18(12)14(19)11-5-6-11/h9-12H,3-8H2,1-2H3. The second kappa shape index (κ2) is 4.94. The lowest BCUT2D eigenvalue weighted by molar-refractivity contribution is -0.133. The van der Waals surface area contributed by atoms with Gasteiger partial charge in [0, 0.05) is 19.0 Å². The molecule has 1 aromatic rings. The lowest BCUT2D eigenvalue weighted by atomic mass is 10.1. The fraction of sp³-hybridized carbons (Fsp3) is 0.786. The van der Waals surface area contributed by atoms with Crippen molar-refractivity contribution in [2.45, 2.75) is 52.1 Å². The van der Waals surface area contributed by atoms with Crippen molar-refractivity contribution in [2.75, 3.05) is 6.54 Å². The van der Waals surface area contributed by atoms with E-state index < -0.39 is 0 Å². The van der Waals surface area contributed by atoms with Crippen molar-refractivity contribution in [2.24, 2.45) is 11.8 Å². The summed E-state index contributed by atoms with van der Waals surface area (Å²) in [6.07, 6.45) is 6.04. The molecule has 104 valence electrons. The molecule has 2 heterocycles. The second-order valence-corrected chi connectivity index (χ2v) is 6.20. The van der Waals surface area contributed by atoms with Gasteiger partial charge in [-0.3, -0.25) is 4.79 Å². The SMILES string of the molecule is CC(C)Cn1cnnc1C1CCCN1C(=O)C1CC1. The fourth-order valence-corrected chi connectivity index (χ4v) is 2.92. The average molecular weight is 262 g/mol. The summed E-state index contributed by atoms with van der Waals surface area (Å²) in [6, 6.07) is 0.148. The Morgan fingerprint density at radius 2 is 2.21 bits per heavy atom. The van der Waals surface area contributed by atoms with E-state index in [0.29, 0.717) is 17.7 Å². The number of amides is 1. The van der Waals surface area contributed by atoms with Gasteiger partial charge in [-0.05, 0) is 31.6 Å². The van der Waals surface area contributed by atoms with E-state index >= 15 is 0 Å². The third-order valence-electron chi connectivity index (χ3n) is 3.97. The average Bonchev–Trinajstić information content (AvgIpc) is 2.93. The van der Waals surface area contributed by atoms with Gasteiger partial charge in [-0.25, -0.2) is 0 Å². The Balaban J connectivity index is 1.80. The Labute approximate surface area is 114 Å². The van der Waals surface area contributed by atoms with E-state index in [1.807, 2.05) is 4.90 Å². The molecular weight excluding hydrogens is 240 g/mol. The van der Waals surface area contributed by atoms with Crippen molar-refractivity contribution in [3.05, 3.63) is 12.2 Å². The largest absolute Gasteiger partial charge is 0.332 e. The van der Waals surface area contributed by atoms with Crippen LogP contribution < -0.4 is 0 Å². The number of carbonyl (C=O) groups excluding carboxylic acids is 1. The molecule has 0 spiro atoms. The lowest BCUT2D eigenvalue weighted by Crippen LogP contribution is -2.33. The summed E-state index contributed by atoms with van der Waals surface area (Å²) in [5.41, 5.74) is 0. The minimum Gasteiger partial charge on any atom is -0.332 e. The smallest absolute Gasteiger partial charge is 0.226 e. The van der Waals surface area contributed by atoms with Crippen molar-refractivity contribution >= 4 is 5.91 Å². The van der Waals surface area contributed by atoms with Gasteiger partial charge in [0.25, 0.3) is 0 Å². The number of aromatic nitrogens is 3. The number of nitrogens with zero attached hydrogens (tertiary/aromatic N) is 4. The first kappa shape index (κ1) is 12.6. The predicted octanol–water partition coefficient (Wildman–Crippen LogP) is 2.01. The van der Waals surface area contributed by atoms with Gasteiger partial charge in [-0.2, -0.15) is 0 Å². The van der Waals surface area contributed by atoms with Gasteiger partial charge in [-0.15, -0.1) is 10.2 Å². The lowest BCUT2D eigenvalue weighted by Gasteiger charge is -2.24. The first-order valence-electron chi connectivity index (χ1n) is 7.35. The third-order valence-corrected chi connectivity index (χ3v) is 3.97. The van der Waals surface area contributed by atoms with Crippen LogP contribution in [0, 0.1) is 11.8 Å². The highest BCUT2D eigenvalue weighted by Gasteiger charge is 2.40. The molecule has 3 rings (SSSR count). The zero-order valence-corrected chi connectivity index (χ0v) is 11.7. The summed E-state index contributed by atoms with van der Waals surface area (Å²) >= 11 is 0. The van der Waals surface area contributed by atoms with Crippen molar-refractivity contribution < 1.29 is 4.79 Å².